The Labute approximate surface area is 121 Å². The molecule has 0 bridgehead atoms. The predicted octanol–water partition coefficient (Wildman–Crippen LogP) is 2.85. The number of benzene rings is 1. The normalized spacial score (nSPS) is 26.6. The first-order valence-electron chi connectivity index (χ1n) is 7.10. The lowest BCUT2D eigenvalue weighted by molar-refractivity contribution is 0.105. The maximum atomic E-state index is 12.3. The van der Waals surface area contributed by atoms with Crippen molar-refractivity contribution in [2.24, 2.45) is 0 Å². The first-order valence-corrected chi connectivity index (χ1v) is 8.76. The van der Waals surface area contributed by atoms with Gasteiger partial charge >= 0.3 is 0 Å². The summed E-state index contributed by atoms with van der Waals surface area (Å²) in [5.74, 6) is 0.175. The summed E-state index contributed by atoms with van der Waals surface area (Å²) in [4.78, 5) is 0.391. The number of ether oxygens (including phenoxy) is 1. The van der Waals surface area contributed by atoms with Gasteiger partial charge in [-0.2, -0.15) is 0 Å². The molecule has 20 heavy (non-hydrogen) atoms. The minimum absolute atomic E-state index is 0.0597. The smallest absolute Gasteiger partial charge is 0.180 e. The topological polar surface area (TPSA) is 55.4 Å². The second-order valence-electron chi connectivity index (χ2n) is 5.62. The van der Waals surface area contributed by atoms with Gasteiger partial charge in [-0.3, -0.25) is 0 Å². The fourth-order valence-electron chi connectivity index (χ4n) is 2.53. The molecular formula is C15H23NO3S. The quantitative estimate of drug-likeness (QED) is 0.908. The van der Waals surface area contributed by atoms with Crippen LogP contribution in [0, 0.1) is 0 Å². The number of sulfone groups is 1. The molecule has 1 fully saturated rings. The van der Waals surface area contributed by atoms with Gasteiger partial charge in [0.1, 0.15) is 0 Å². The molecule has 1 aliphatic heterocycles. The van der Waals surface area contributed by atoms with Crippen molar-refractivity contribution < 1.29 is 13.2 Å². The third-order valence-corrected chi connectivity index (χ3v) is 5.97. The van der Waals surface area contributed by atoms with Crippen LogP contribution in [0.15, 0.2) is 29.2 Å². The van der Waals surface area contributed by atoms with Gasteiger partial charge in [-0.05, 0) is 38.8 Å². The van der Waals surface area contributed by atoms with Gasteiger partial charge in [-0.15, -0.1) is 0 Å². The number of rotatable bonds is 5. The van der Waals surface area contributed by atoms with E-state index in [1.165, 1.54) is 0 Å². The van der Waals surface area contributed by atoms with Gasteiger partial charge < -0.3 is 10.1 Å². The van der Waals surface area contributed by atoms with Crippen LogP contribution < -0.4 is 5.32 Å². The van der Waals surface area contributed by atoms with E-state index in [-0.39, 0.29) is 17.4 Å². The number of hydrogen-bond donors (Lipinski definition) is 1. The third-order valence-electron chi connectivity index (χ3n) is 4.00. The van der Waals surface area contributed by atoms with E-state index in [0.29, 0.717) is 23.6 Å². The van der Waals surface area contributed by atoms with Crippen molar-refractivity contribution in [3.63, 3.8) is 0 Å². The Morgan fingerprint density at radius 2 is 2.10 bits per heavy atom. The van der Waals surface area contributed by atoms with Crippen LogP contribution in [0.4, 0.5) is 5.69 Å². The molecule has 2 unspecified atom stereocenters. The molecule has 0 radical (unpaired) electrons. The zero-order chi connectivity index (χ0) is 14.8. The Kier molecular flexibility index (Phi) is 4.39. The Bertz CT molecular complexity index is 570. The highest BCUT2D eigenvalue weighted by Gasteiger charge is 2.37. The molecule has 0 aliphatic carbocycles. The van der Waals surface area contributed by atoms with Gasteiger partial charge in [0.2, 0.25) is 0 Å². The van der Waals surface area contributed by atoms with Crippen molar-refractivity contribution in [2.45, 2.75) is 50.2 Å². The summed E-state index contributed by atoms with van der Waals surface area (Å²) in [5.41, 5.74) is 0.457. The second-order valence-corrected chi connectivity index (χ2v) is 7.70. The van der Waals surface area contributed by atoms with Crippen molar-refractivity contribution >= 4 is 15.5 Å². The maximum Gasteiger partial charge on any atom is 0.180 e. The fraction of sp³-hybridized carbons (Fsp3) is 0.600. The molecule has 1 aliphatic rings. The molecule has 5 heteroatoms. The minimum atomic E-state index is -3.23. The van der Waals surface area contributed by atoms with Crippen molar-refractivity contribution in [1.82, 2.24) is 0 Å². The van der Waals surface area contributed by atoms with Gasteiger partial charge in [0.25, 0.3) is 0 Å². The Balaban J connectivity index is 2.34. The zero-order valence-corrected chi connectivity index (χ0v) is 13.2. The van der Waals surface area contributed by atoms with E-state index in [1.807, 2.05) is 26.0 Å². The highest BCUT2D eigenvalue weighted by Crippen LogP contribution is 2.32. The lowest BCUT2D eigenvalue weighted by Gasteiger charge is -2.31. The Hall–Kier alpha value is -1.07. The number of nitrogens with one attached hydrogen (secondary N) is 1. The molecule has 0 spiro atoms. The molecule has 0 amide bonds. The van der Waals surface area contributed by atoms with Crippen LogP contribution in [-0.4, -0.2) is 32.4 Å². The molecule has 1 aromatic carbocycles. The minimum Gasteiger partial charge on any atom is -0.376 e. The van der Waals surface area contributed by atoms with Crippen LogP contribution in [0.3, 0.4) is 0 Å². The van der Waals surface area contributed by atoms with Gasteiger partial charge in [0.15, 0.2) is 9.84 Å². The van der Waals surface area contributed by atoms with E-state index < -0.39 is 9.84 Å². The highest BCUT2D eigenvalue weighted by atomic mass is 32.2. The van der Waals surface area contributed by atoms with E-state index in [0.717, 1.165) is 6.42 Å². The van der Waals surface area contributed by atoms with Crippen molar-refractivity contribution in [3.8, 4) is 0 Å². The number of anilines is 1. The summed E-state index contributed by atoms with van der Waals surface area (Å²) in [7, 11) is -3.23. The summed E-state index contributed by atoms with van der Waals surface area (Å²) in [5, 5.41) is 3.40. The van der Waals surface area contributed by atoms with Crippen molar-refractivity contribution in [3.05, 3.63) is 24.3 Å². The molecule has 4 nitrogen and oxygen atoms in total. The largest absolute Gasteiger partial charge is 0.376 e. The Morgan fingerprint density at radius 3 is 2.70 bits per heavy atom. The summed E-state index contributed by atoms with van der Waals surface area (Å²) in [6.45, 7) is 6.67. The average molecular weight is 297 g/mol. The van der Waals surface area contributed by atoms with E-state index in [9.17, 15) is 8.42 Å². The molecule has 2 rings (SSSR count). The SMILES string of the molecule is CCCS(=O)(=O)c1ccccc1NC1(C)CCOC1C. The van der Waals surface area contributed by atoms with Crippen molar-refractivity contribution in [1.29, 1.82) is 0 Å². The molecule has 2 atom stereocenters. The van der Waals surface area contributed by atoms with Gasteiger partial charge in [-0.25, -0.2) is 8.42 Å². The summed E-state index contributed by atoms with van der Waals surface area (Å²) < 4.78 is 30.3. The lowest BCUT2D eigenvalue weighted by Crippen LogP contribution is -2.41. The lowest BCUT2D eigenvalue weighted by atomic mass is 9.94. The summed E-state index contributed by atoms with van der Waals surface area (Å²) in [6, 6.07) is 7.14. The molecule has 0 saturated carbocycles. The predicted molar refractivity (Wildman–Crippen MR) is 80.8 cm³/mol. The zero-order valence-electron chi connectivity index (χ0n) is 12.3. The van der Waals surface area contributed by atoms with Crippen LogP contribution in [0.25, 0.3) is 0 Å². The van der Waals surface area contributed by atoms with E-state index in [2.05, 4.69) is 12.2 Å². The molecular weight excluding hydrogens is 274 g/mol. The molecule has 0 aromatic heterocycles. The number of para-hydroxylation sites is 1. The first-order chi connectivity index (χ1) is 9.39. The average Bonchev–Trinajstić information content (AvgIpc) is 2.70. The highest BCUT2D eigenvalue weighted by molar-refractivity contribution is 7.91. The van der Waals surface area contributed by atoms with Crippen LogP contribution in [0.5, 0.6) is 0 Å². The molecule has 1 heterocycles. The monoisotopic (exact) mass is 297 g/mol. The maximum absolute atomic E-state index is 12.3. The van der Waals surface area contributed by atoms with Gasteiger partial charge in [0.05, 0.1) is 28.0 Å². The third kappa shape index (κ3) is 2.99. The van der Waals surface area contributed by atoms with Gasteiger partial charge in [0, 0.05) is 6.61 Å². The van der Waals surface area contributed by atoms with E-state index in [4.69, 9.17) is 4.74 Å². The molecule has 1 saturated heterocycles. The molecule has 112 valence electrons. The second kappa shape index (κ2) is 5.74. The summed E-state index contributed by atoms with van der Waals surface area (Å²) in [6.07, 6.45) is 1.55. The van der Waals surface area contributed by atoms with Gasteiger partial charge in [-0.1, -0.05) is 19.1 Å². The van der Waals surface area contributed by atoms with Crippen LogP contribution in [0.1, 0.15) is 33.6 Å². The fourth-order valence-corrected chi connectivity index (χ4v) is 4.02. The molecule has 1 N–H and O–H groups in total. The van der Waals surface area contributed by atoms with Crippen LogP contribution in [0.2, 0.25) is 0 Å². The van der Waals surface area contributed by atoms with Crippen LogP contribution >= 0.6 is 0 Å². The molecule has 1 aromatic rings. The van der Waals surface area contributed by atoms with E-state index >= 15 is 0 Å². The van der Waals surface area contributed by atoms with E-state index in [1.54, 1.807) is 12.1 Å². The first kappa shape index (κ1) is 15.3. The Morgan fingerprint density at radius 1 is 1.40 bits per heavy atom. The van der Waals surface area contributed by atoms with Crippen molar-refractivity contribution in [2.75, 3.05) is 17.7 Å². The number of hydrogen-bond acceptors (Lipinski definition) is 4. The summed E-state index contributed by atoms with van der Waals surface area (Å²) >= 11 is 0. The standard InChI is InChI=1S/C15H23NO3S/c1-4-11-20(17,18)14-8-6-5-7-13(14)16-15(3)9-10-19-12(15)2/h5-8,12,16H,4,9-11H2,1-3H3. The van der Waals surface area contributed by atoms with Crippen LogP contribution in [-0.2, 0) is 14.6 Å².